The summed E-state index contributed by atoms with van der Waals surface area (Å²) in [6.45, 7) is 0.472. The van der Waals surface area contributed by atoms with Crippen molar-refractivity contribution in [2.45, 2.75) is 44.2 Å². The standard InChI is InChI=1S/C12H16N2O2S/c15-12(5-2-1-3-6-12)11-13-9-4-7-14(16)8-10(9)17-11/h4,7,15-16H,1-3,5-6,8H2. The molecule has 1 aliphatic carbocycles. The number of hydrogen-bond donors (Lipinski definition) is 2. The van der Waals surface area contributed by atoms with Gasteiger partial charge < -0.3 is 5.11 Å². The van der Waals surface area contributed by atoms with Crippen LogP contribution in [-0.4, -0.2) is 20.4 Å². The maximum absolute atomic E-state index is 10.6. The number of hydrogen-bond acceptors (Lipinski definition) is 5. The monoisotopic (exact) mass is 252 g/mol. The molecule has 2 N–H and O–H groups in total. The van der Waals surface area contributed by atoms with E-state index < -0.39 is 5.60 Å². The number of aromatic nitrogens is 1. The molecule has 0 unspecified atom stereocenters. The van der Waals surface area contributed by atoms with Crippen molar-refractivity contribution < 1.29 is 10.3 Å². The lowest BCUT2D eigenvalue weighted by Crippen LogP contribution is -2.28. The van der Waals surface area contributed by atoms with Gasteiger partial charge in [-0.2, -0.15) is 0 Å². The Labute approximate surface area is 104 Å². The van der Waals surface area contributed by atoms with E-state index in [0.717, 1.165) is 46.3 Å². The summed E-state index contributed by atoms with van der Waals surface area (Å²) in [5.41, 5.74) is 0.170. The van der Waals surface area contributed by atoms with Crippen LogP contribution >= 0.6 is 11.3 Å². The summed E-state index contributed by atoms with van der Waals surface area (Å²) in [5.74, 6) is 0. The van der Waals surface area contributed by atoms with E-state index in [1.54, 1.807) is 12.3 Å². The Balaban J connectivity index is 1.92. The van der Waals surface area contributed by atoms with Gasteiger partial charge in [0.05, 0.1) is 17.1 Å². The lowest BCUT2D eigenvalue weighted by molar-refractivity contribution is -0.0486. The largest absolute Gasteiger partial charge is 0.383 e. The predicted octanol–water partition coefficient (Wildman–Crippen LogP) is 2.47. The van der Waals surface area contributed by atoms with Gasteiger partial charge in [0.25, 0.3) is 0 Å². The Morgan fingerprint density at radius 3 is 2.82 bits per heavy atom. The SMILES string of the molecule is ON1C=Cc2nc(C3(O)CCCCC3)sc2C1. The Hall–Kier alpha value is -0.910. The Bertz CT molecular complexity index is 449. The molecule has 5 heteroatoms. The molecule has 0 spiro atoms. The summed E-state index contributed by atoms with van der Waals surface area (Å²) >= 11 is 1.53. The minimum Gasteiger partial charge on any atom is -0.383 e. The number of aliphatic hydroxyl groups is 1. The molecule has 17 heavy (non-hydrogen) atoms. The molecular formula is C12H16N2O2S. The molecule has 1 fully saturated rings. The molecule has 0 saturated heterocycles. The van der Waals surface area contributed by atoms with Crippen molar-refractivity contribution in [3.05, 3.63) is 21.8 Å². The van der Waals surface area contributed by atoms with Crippen molar-refractivity contribution in [3.63, 3.8) is 0 Å². The number of nitrogens with zero attached hydrogens (tertiary/aromatic N) is 2. The third-order valence-electron chi connectivity index (χ3n) is 3.52. The van der Waals surface area contributed by atoms with Crippen molar-refractivity contribution >= 4 is 17.4 Å². The van der Waals surface area contributed by atoms with Gasteiger partial charge in [-0.15, -0.1) is 11.3 Å². The highest BCUT2D eigenvalue weighted by Gasteiger charge is 2.35. The van der Waals surface area contributed by atoms with E-state index in [0.29, 0.717) is 6.54 Å². The van der Waals surface area contributed by atoms with Crippen LogP contribution in [0.15, 0.2) is 6.20 Å². The number of hydroxylamine groups is 2. The van der Waals surface area contributed by atoms with E-state index in [4.69, 9.17) is 0 Å². The fraction of sp³-hybridized carbons (Fsp3) is 0.583. The molecule has 0 aromatic carbocycles. The fourth-order valence-corrected chi connectivity index (χ4v) is 3.70. The van der Waals surface area contributed by atoms with Gasteiger partial charge in [0, 0.05) is 6.20 Å². The van der Waals surface area contributed by atoms with Crippen LogP contribution in [0.1, 0.15) is 47.7 Å². The van der Waals surface area contributed by atoms with Crippen LogP contribution in [0.25, 0.3) is 6.08 Å². The Kier molecular flexibility index (Phi) is 2.69. The van der Waals surface area contributed by atoms with Gasteiger partial charge in [-0.3, -0.25) is 10.3 Å². The van der Waals surface area contributed by atoms with Gasteiger partial charge in [-0.05, 0) is 18.9 Å². The smallest absolute Gasteiger partial charge is 0.125 e. The summed E-state index contributed by atoms with van der Waals surface area (Å²) < 4.78 is 0. The van der Waals surface area contributed by atoms with Crippen LogP contribution in [0.4, 0.5) is 0 Å². The van der Waals surface area contributed by atoms with Gasteiger partial charge in [0.1, 0.15) is 10.6 Å². The first-order chi connectivity index (χ1) is 8.17. The van der Waals surface area contributed by atoms with Crippen LogP contribution in [-0.2, 0) is 12.1 Å². The summed E-state index contributed by atoms with van der Waals surface area (Å²) in [4.78, 5) is 5.56. The van der Waals surface area contributed by atoms with E-state index in [9.17, 15) is 10.3 Å². The van der Waals surface area contributed by atoms with Gasteiger partial charge in [0.15, 0.2) is 0 Å². The third kappa shape index (κ3) is 1.99. The Morgan fingerprint density at radius 1 is 1.29 bits per heavy atom. The maximum atomic E-state index is 10.6. The van der Waals surface area contributed by atoms with E-state index in [-0.39, 0.29) is 0 Å². The third-order valence-corrected chi connectivity index (χ3v) is 4.77. The highest BCUT2D eigenvalue weighted by Crippen LogP contribution is 2.40. The van der Waals surface area contributed by atoms with Gasteiger partial charge in [-0.25, -0.2) is 4.98 Å². The van der Waals surface area contributed by atoms with Crippen LogP contribution < -0.4 is 0 Å². The second-order valence-electron chi connectivity index (χ2n) is 4.83. The molecule has 2 aliphatic rings. The molecule has 0 atom stereocenters. The quantitative estimate of drug-likeness (QED) is 0.806. The van der Waals surface area contributed by atoms with Crippen LogP contribution in [0.5, 0.6) is 0 Å². The first-order valence-electron chi connectivity index (χ1n) is 6.04. The summed E-state index contributed by atoms with van der Waals surface area (Å²) in [6.07, 6.45) is 8.38. The van der Waals surface area contributed by atoms with Crippen molar-refractivity contribution in [2.24, 2.45) is 0 Å². The minimum absolute atomic E-state index is 0.472. The van der Waals surface area contributed by atoms with Crippen molar-refractivity contribution in [1.82, 2.24) is 10.0 Å². The Morgan fingerprint density at radius 2 is 2.06 bits per heavy atom. The first kappa shape index (κ1) is 11.2. The average molecular weight is 252 g/mol. The molecule has 0 bridgehead atoms. The number of rotatable bonds is 1. The summed E-state index contributed by atoms with van der Waals surface area (Å²) in [5, 5.41) is 22.0. The molecule has 1 saturated carbocycles. The van der Waals surface area contributed by atoms with Gasteiger partial charge in [-0.1, -0.05) is 19.3 Å². The van der Waals surface area contributed by atoms with E-state index in [1.807, 2.05) is 0 Å². The molecule has 2 heterocycles. The second kappa shape index (κ2) is 4.08. The molecule has 1 aliphatic heterocycles. The van der Waals surface area contributed by atoms with Crippen LogP contribution in [0.2, 0.25) is 0 Å². The highest BCUT2D eigenvalue weighted by atomic mass is 32.1. The molecule has 4 nitrogen and oxygen atoms in total. The van der Waals surface area contributed by atoms with Crippen molar-refractivity contribution in [1.29, 1.82) is 0 Å². The van der Waals surface area contributed by atoms with Crippen LogP contribution in [0.3, 0.4) is 0 Å². The first-order valence-corrected chi connectivity index (χ1v) is 6.85. The maximum Gasteiger partial charge on any atom is 0.125 e. The summed E-state index contributed by atoms with van der Waals surface area (Å²) in [6, 6.07) is 0. The van der Waals surface area contributed by atoms with Gasteiger partial charge in [0.2, 0.25) is 0 Å². The van der Waals surface area contributed by atoms with E-state index >= 15 is 0 Å². The fourth-order valence-electron chi connectivity index (χ4n) is 2.51. The molecule has 1 aromatic rings. The second-order valence-corrected chi connectivity index (χ2v) is 5.92. The average Bonchev–Trinajstić information content (AvgIpc) is 2.73. The lowest BCUT2D eigenvalue weighted by Gasteiger charge is -2.29. The molecule has 3 rings (SSSR count). The number of fused-ring (bicyclic) bond motifs is 1. The molecule has 0 amide bonds. The van der Waals surface area contributed by atoms with Crippen molar-refractivity contribution in [3.8, 4) is 0 Å². The normalized spacial score (nSPS) is 22.6. The van der Waals surface area contributed by atoms with Crippen LogP contribution in [0, 0.1) is 0 Å². The lowest BCUT2D eigenvalue weighted by atomic mass is 9.85. The zero-order valence-electron chi connectivity index (χ0n) is 9.59. The minimum atomic E-state index is -0.728. The summed E-state index contributed by atoms with van der Waals surface area (Å²) in [7, 11) is 0. The zero-order chi connectivity index (χ0) is 11.9. The molecule has 0 radical (unpaired) electrons. The van der Waals surface area contributed by atoms with E-state index in [1.165, 1.54) is 17.8 Å². The zero-order valence-corrected chi connectivity index (χ0v) is 10.4. The molecule has 1 aromatic heterocycles. The number of thiazole rings is 1. The van der Waals surface area contributed by atoms with Gasteiger partial charge >= 0.3 is 0 Å². The van der Waals surface area contributed by atoms with E-state index in [2.05, 4.69) is 4.98 Å². The molecule has 92 valence electrons. The topological polar surface area (TPSA) is 56.6 Å². The molecular weight excluding hydrogens is 236 g/mol. The van der Waals surface area contributed by atoms with Crippen molar-refractivity contribution in [2.75, 3.05) is 0 Å². The highest BCUT2D eigenvalue weighted by molar-refractivity contribution is 7.12. The predicted molar refractivity (Wildman–Crippen MR) is 65.5 cm³/mol.